The van der Waals surface area contributed by atoms with Gasteiger partial charge in [0.05, 0.1) is 28.4 Å². The second-order valence-corrected chi connectivity index (χ2v) is 11.0. The fourth-order valence-corrected chi connectivity index (χ4v) is 4.69. The Morgan fingerprint density at radius 1 is 0.538 bits per heavy atom. The topological polar surface area (TPSA) is 103 Å². The smallest absolute Gasteiger partial charge is 0.876 e. The van der Waals surface area contributed by atoms with Crippen LogP contribution in [0.3, 0.4) is 0 Å². The van der Waals surface area contributed by atoms with E-state index in [0.717, 1.165) is 73.8 Å². The molecule has 0 aliphatic heterocycles. The maximum absolute atomic E-state index is 9.98. The van der Waals surface area contributed by atoms with Gasteiger partial charge in [0.2, 0.25) is 0 Å². The molecule has 0 amide bonds. The van der Waals surface area contributed by atoms with Crippen molar-refractivity contribution in [1.29, 1.82) is 0 Å². The molecule has 8 nitrogen and oxygen atoms in total. The van der Waals surface area contributed by atoms with Crippen molar-refractivity contribution in [2.24, 2.45) is 0 Å². The molecule has 0 unspecified atom stereocenters. The fourth-order valence-electron chi connectivity index (χ4n) is 4.69. The number of pyridine rings is 2. The number of allylic oxidation sites excluding steroid dienone is 2. The van der Waals surface area contributed by atoms with E-state index < -0.39 is 0 Å². The van der Waals surface area contributed by atoms with Gasteiger partial charge in [0, 0.05) is 23.9 Å². The number of ether oxygens (including phenoxy) is 4. The molecule has 0 radical (unpaired) electrons. The maximum atomic E-state index is 9.98. The minimum absolute atomic E-state index is 0. The van der Waals surface area contributed by atoms with Crippen molar-refractivity contribution >= 4 is 5.78 Å². The van der Waals surface area contributed by atoms with Gasteiger partial charge in [0.1, 0.15) is 11.5 Å². The van der Waals surface area contributed by atoms with E-state index in [0.29, 0.717) is 0 Å². The molecule has 0 atom stereocenters. The second kappa shape index (κ2) is 20.8. The first-order chi connectivity index (χ1) is 24.7. The number of nitrogens with zero attached hydrogens (tertiary/aromatic N) is 2. The van der Waals surface area contributed by atoms with Crippen molar-refractivity contribution in [3.05, 3.63) is 146 Å². The van der Waals surface area contributed by atoms with Crippen LogP contribution in [-0.4, -0.2) is 44.2 Å². The predicted molar refractivity (Wildman–Crippen MR) is 199 cm³/mol. The number of ketones is 1. The summed E-state index contributed by atoms with van der Waals surface area (Å²) in [6.07, 6.45) is 4.80. The van der Waals surface area contributed by atoms with Crippen LogP contribution in [0, 0.1) is 12.1 Å². The SMILES string of the molecule is CC(=O)/C=C(/C)[O-].COc1c[c-]c(-c2ccc(-c3ccc(OC)cc3)cn2)cc1.COc1c[c-]c(-c2ccc(-c3ccc(OC)cc3)cn2)cc1.[Ir+3]. The van der Waals surface area contributed by atoms with Crippen molar-refractivity contribution < 1.29 is 49.0 Å². The van der Waals surface area contributed by atoms with E-state index in [1.54, 1.807) is 28.4 Å². The van der Waals surface area contributed by atoms with Crippen molar-refractivity contribution in [2.75, 3.05) is 28.4 Å². The van der Waals surface area contributed by atoms with Gasteiger partial charge in [-0.15, -0.1) is 65.4 Å². The third kappa shape index (κ3) is 12.2. The van der Waals surface area contributed by atoms with Crippen LogP contribution in [-0.2, 0) is 24.9 Å². The molecule has 0 saturated heterocycles. The number of hydrogen-bond donors (Lipinski definition) is 0. The zero-order valence-electron chi connectivity index (χ0n) is 29.8. The molecule has 52 heavy (non-hydrogen) atoms. The Bertz CT molecular complexity index is 1710. The summed E-state index contributed by atoms with van der Waals surface area (Å²) in [4.78, 5) is 19.0. The van der Waals surface area contributed by atoms with Crippen LogP contribution in [0.4, 0.5) is 0 Å². The van der Waals surface area contributed by atoms with Gasteiger partial charge in [-0.2, -0.15) is 0 Å². The standard InChI is InChI=1S/2C19H16NO2.C5H8O2.Ir/c2*1-21-17-8-3-14(4-9-17)16-7-12-19(20-13-16)15-5-10-18(22-2)11-6-15;1-4(6)3-5(2)7;/h2*3-5,7-13H,1-2H3;3,6H,1-2H3;/q2*-1;;+3/p-1/b;;4-3-;. The summed E-state index contributed by atoms with van der Waals surface area (Å²) in [6.45, 7) is 2.70. The van der Waals surface area contributed by atoms with E-state index in [1.165, 1.54) is 13.8 Å². The van der Waals surface area contributed by atoms with Crippen LogP contribution in [0.1, 0.15) is 13.8 Å². The molecule has 0 aliphatic carbocycles. The van der Waals surface area contributed by atoms with Crippen molar-refractivity contribution in [3.8, 4) is 67.8 Å². The predicted octanol–water partition coefficient (Wildman–Crippen LogP) is 8.30. The molecule has 0 aliphatic rings. The van der Waals surface area contributed by atoms with Crippen LogP contribution in [0.15, 0.2) is 133 Å². The number of methoxy groups -OCH3 is 4. The minimum atomic E-state index is -0.187. The Balaban J connectivity index is 0.000000234. The van der Waals surface area contributed by atoms with Crippen LogP contribution in [0.2, 0.25) is 0 Å². The molecular weight excluding hydrogens is 833 g/mol. The first-order valence-corrected chi connectivity index (χ1v) is 15.9. The van der Waals surface area contributed by atoms with Crippen LogP contribution >= 0.6 is 0 Å². The first kappa shape index (κ1) is 40.7. The Hall–Kier alpha value is -5.76. The van der Waals surface area contributed by atoms with Crippen LogP contribution in [0.25, 0.3) is 44.8 Å². The molecule has 6 aromatic rings. The van der Waals surface area contributed by atoms with Gasteiger partial charge >= 0.3 is 20.1 Å². The van der Waals surface area contributed by atoms with E-state index >= 15 is 0 Å². The summed E-state index contributed by atoms with van der Waals surface area (Å²) in [7, 11) is 6.61. The number of hydrogen-bond acceptors (Lipinski definition) is 8. The van der Waals surface area contributed by atoms with Crippen molar-refractivity contribution in [2.45, 2.75) is 13.8 Å². The molecule has 0 spiro atoms. The number of rotatable bonds is 9. The van der Waals surface area contributed by atoms with Gasteiger partial charge in [-0.3, -0.25) is 4.79 Å². The third-order valence-electron chi connectivity index (χ3n) is 7.37. The number of benzene rings is 4. The van der Waals surface area contributed by atoms with Crippen molar-refractivity contribution in [1.82, 2.24) is 9.97 Å². The first-order valence-electron chi connectivity index (χ1n) is 15.9. The Kier molecular flexibility index (Phi) is 16.3. The van der Waals surface area contributed by atoms with Crippen LogP contribution < -0.4 is 24.1 Å². The average molecular weight is 872 g/mol. The minimum Gasteiger partial charge on any atom is -0.876 e. The maximum Gasteiger partial charge on any atom is 3.00 e. The van der Waals surface area contributed by atoms with Gasteiger partial charge in [0.25, 0.3) is 0 Å². The molecule has 0 bridgehead atoms. The molecule has 266 valence electrons. The molecule has 9 heteroatoms. The van der Waals surface area contributed by atoms with Gasteiger partial charge in [0.15, 0.2) is 5.78 Å². The Labute approximate surface area is 319 Å². The Morgan fingerprint density at radius 2 is 0.885 bits per heavy atom. The van der Waals surface area contributed by atoms with E-state index in [2.05, 4.69) is 34.2 Å². The van der Waals surface area contributed by atoms with Crippen LogP contribution in [0.5, 0.6) is 23.0 Å². The van der Waals surface area contributed by atoms with Gasteiger partial charge in [-0.25, -0.2) is 0 Å². The summed E-state index contributed by atoms with van der Waals surface area (Å²) in [5, 5.41) is 9.98. The quantitative estimate of drug-likeness (QED) is 0.0813. The normalized spacial score (nSPS) is 10.2. The summed E-state index contributed by atoms with van der Waals surface area (Å²) >= 11 is 0. The van der Waals surface area contributed by atoms with E-state index in [4.69, 9.17) is 18.9 Å². The molecule has 6 rings (SSSR count). The van der Waals surface area contributed by atoms with E-state index in [1.807, 2.05) is 109 Å². The summed E-state index contributed by atoms with van der Waals surface area (Å²) in [6, 6.07) is 41.7. The Morgan fingerprint density at radius 3 is 1.12 bits per heavy atom. The molecular formula is C43H39IrN2O6. The zero-order valence-corrected chi connectivity index (χ0v) is 32.2. The van der Waals surface area contributed by atoms with E-state index in [9.17, 15) is 9.90 Å². The summed E-state index contributed by atoms with van der Waals surface area (Å²) in [5.74, 6) is 2.90. The number of carbonyl (C=O) groups excluding carboxylic acids is 1. The fraction of sp³-hybridized carbons (Fsp3) is 0.140. The molecule has 2 heterocycles. The second-order valence-electron chi connectivity index (χ2n) is 11.0. The van der Waals surface area contributed by atoms with Crippen molar-refractivity contribution in [3.63, 3.8) is 0 Å². The molecule has 2 aromatic heterocycles. The van der Waals surface area contributed by atoms with Gasteiger partial charge < -0.3 is 34.0 Å². The monoisotopic (exact) mass is 872 g/mol. The van der Waals surface area contributed by atoms with Gasteiger partial charge in [-0.1, -0.05) is 55.5 Å². The number of carbonyl (C=O) groups is 1. The number of aromatic nitrogens is 2. The molecule has 4 aromatic carbocycles. The van der Waals surface area contributed by atoms with Gasteiger partial charge in [-0.05, 0) is 70.9 Å². The molecule has 0 N–H and O–H groups in total. The molecule has 0 fully saturated rings. The summed E-state index contributed by atoms with van der Waals surface area (Å²) in [5.41, 5.74) is 8.03. The largest absolute Gasteiger partial charge is 3.00 e. The summed E-state index contributed by atoms with van der Waals surface area (Å²) < 4.78 is 20.6. The third-order valence-corrected chi connectivity index (χ3v) is 7.37. The average Bonchev–Trinajstić information content (AvgIpc) is 3.18. The zero-order chi connectivity index (χ0) is 36.6. The molecule has 0 saturated carbocycles. The van der Waals surface area contributed by atoms with E-state index in [-0.39, 0.29) is 31.6 Å².